The molecule has 0 N–H and O–H groups in total. The fourth-order valence-corrected chi connectivity index (χ4v) is 5.43. The topological polar surface area (TPSA) is 36.7 Å². The van der Waals surface area contributed by atoms with Gasteiger partial charge in [-0.25, -0.2) is 0 Å². The second-order valence-corrected chi connectivity index (χ2v) is 10.9. The largest absolute Gasteiger partial charge is 0.256 e. The second kappa shape index (κ2) is 13.7. The van der Waals surface area contributed by atoms with E-state index >= 15 is 0 Å². The highest BCUT2D eigenvalue weighted by Gasteiger charge is 2.35. The molecule has 2 heteroatoms. The van der Waals surface area contributed by atoms with Gasteiger partial charge in [0.1, 0.15) is 0 Å². The molecule has 0 saturated heterocycles. The Kier molecular flexibility index (Phi) is 10.6. The summed E-state index contributed by atoms with van der Waals surface area (Å²) < 4.78 is 0. The van der Waals surface area contributed by atoms with Gasteiger partial charge in [-0.05, 0) is 80.4 Å². The third-order valence-electron chi connectivity index (χ3n) is 8.31. The van der Waals surface area contributed by atoms with Crippen molar-refractivity contribution in [3.8, 4) is 17.3 Å². The van der Waals surface area contributed by atoms with Crippen molar-refractivity contribution in [2.45, 2.75) is 117 Å². The molecule has 0 spiro atoms. The predicted molar refractivity (Wildman–Crippen MR) is 145 cm³/mol. The van der Waals surface area contributed by atoms with Crippen molar-refractivity contribution < 1.29 is 0 Å². The van der Waals surface area contributed by atoms with Gasteiger partial charge >= 0.3 is 0 Å². The first-order valence-corrected chi connectivity index (χ1v) is 14.1. The third-order valence-corrected chi connectivity index (χ3v) is 8.31. The lowest BCUT2D eigenvalue weighted by atomic mass is 9.67. The number of nitrogens with zero attached hydrogens (tertiary/aromatic N) is 2. The van der Waals surface area contributed by atoms with Gasteiger partial charge in [-0.3, -0.25) is 4.98 Å². The van der Waals surface area contributed by atoms with Crippen molar-refractivity contribution in [2.24, 2.45) is 11.3 Å². The van der Waals surface area contributed by atoms with E-state index in [-0.39, 0.29) is 5.41 Å². The van der Waals surface area contributed by atoms with Gasteiger partial charge < -0.3 is 0 Å². The Morgan fingerprint density at radius 1 is 0.971 bits per heavy atom. The predicted octanol–water partition coefficient (Wildman–Crippen LogP) is 9.65. The molecular formula is C32H46N2. The molecule has 1 heterocycles. The van der Waals surface area contributed by atoms with Crippen molar-refractivity contribution in [2.75, 3.05) is 0 Å². The molecule has 1 aromatic carbocycles. The van der Waals surface area contributed by atoms with E-state index in [4.69, 9.17) is 4.98 Å². The van der Waals surface area contributed by atoms with Gasteiger partial charge in [0.2, 0.25) is 0 Å². The van der Waals surface area contributed by atoms with Crippen LogP contribution in [0.15, 0.2) is 42.6 Å². The van der Waals surface area contributed by atoms with Crippen LogP contribution in [0.1, 0.15) is 121 Å². The maximum Gasteiger partial charge on any atom is 0.0702 e. The summed E-state index contributed by atoms with van der Waals surface area (Å²) in [6.45, 7) is 6.84. The monoisotopic (exact) mass is 458 g/mol. The number of nitriles is 1. The molecule has 184 valence electrons. The Hall–Kier alpha value is -2.14. The summed E-state index contributed by atoms with van der Waals surface area (Å²) in [6.07, 6.45) is 19.1. The molecule has 1 fully saturated rings. The molecule has 1 aliphatic rings. The number of aryl methyl sites for hydroxylation is 1. The molecule has 1 atom stereocenters. The second-order valence-electron chi connectivity index (χ2n) is 10.9. The average molecular weight is 459 g/mol. The fraction of sp³-hybridized carbons (Fsp3) is 0.625. The Morgan fingerprint density at radius 2 is 1.68 bits per heavy atom. The lowest BCUT2D eigenvalue weighted by Gasteiger charge is -2.36. The number of rotatable bonds is 13. The molecule has 0 bridgehead atoms. The summed E-state index contributed by atoms with van der Waals surface area (Å²) in [5.74, 6) is 1.32. The zero-order valence-corrected chi connectivity index (χ0v) is 22.0. The van der Waals surface area contributed by atoms with Gasteiger partial charge in [-0.2, -0.15) is 5.26 Å². The molecule has 1 saturated carbocycles. The Bertz CT molecular complexity index is 867. The van der Waals surface area contributed by atoms with Crippen molar-refractivity contribution in [1.29, 1.82) is 5.26 Å². The van der Waals surface area contributed by atoms with Gasteiger partial charge in [0.15, 0.2) is 0 Å². The van der Waals surface area contributed by atoms with Crippen molar-refractivity contribution in [3.05, 3.63) is 53.7 Å². The molecule has 1 unspecified atom stereocenters. The normalized spacial score (nSPS) is 21.2. The van der Waals surface area contributed by atoms with Gasteiger partial charge in [-0.15, -0.1) is 0 Å². The Morgan fingerprint density at radius 3 is 2.29 bits per heavy atom. The molecular weight excluding hydrogens is 412 g/mol. The van der Waals surface area contributed by atoms with Crippen molar-refractivity contribution in [3.63, 3.8) is 0 Å². The molecule has 0 aliphatic heterocycles. The number of hydrogen-bond donors (Lipinski definition) is 0. The third kappa shape index (κ3) is 7.69. The van der Waals surface area contributed by atoms with Crippen LogP contribution in [0, 0.1) is 22.7 Å². The number of hydrogen-bond acceptors (Lipinski definition) is 2. The summed E-state index contributed by atoms with van der Waals surface area (Å²) >= 11 is 0. The quantitative estimate of drug-likeness (QED) is 0.280. The molecule has 0 radical (unpaired) electrons. The zero-order valence-electron chi connectivity index (χ0n) is 22.0. The van der Waals surface area contributed by atoms with Crippen molar-refractivity contribution in [1.82, 2.24) is 4.98 Å². The van der Waals surface area contributed by atoms with Crippen LogP contribution in [0.5, 0.6) is 0 Å². The molecule has 2 nitrogen and oxygen atoms in total. The van der Waals surface area contributed by atoms with Crippen LogP contribution >= 0.6 is 0 Å². The summed E-state index contributed by atoms with van der Waals surface area (Å²) in [4.78, 5) is 4.76. The van der Waals surface area contributed by atoms with Crippen LogP contribution in [0.3, 0.4) is 0 Å². The van der Waals surface area contributed by atoms with E-state index in [9.17, 15) is 5.26 Å². The minimum absolute atomic E-state index is 0.0823. The van der Waals surface area contributed by atoms with Gasteiger partial charge in [-0.1, -0.05) is 89.6 Å². The van der Waals surface area contributed by atoms with E-state index in [2.05, 4.69) is 69.4 Å². The first kappa shape index (κ1) is 26.5. The van der Waals surface area contributed by atoms with E-state index in [1.165, 1.54) is 68.1 Å². The average Bonchev–Trinajstić information content (AvgIpc) is 2.90. The molecule has 3 rings (SSSR count). The first-order valence-electron chi connectivity index (χ1n) is 14.1. The summed E-state index contributed by atoms with van der Waals surface area (Å²) in [5.41, 5.74) is 4.96. The maximum atomic E-state index is 9.90. The Balaban J connectivity index is 1.49. The number of pyridine rings is 1. The minimum atomic E-state index is -0.0823. The first-order chi connectivity index (χ1) is 16.6. The maximum absolute atomic E-state index is 9.90. The van der Waals surface area contributed by atoms with Crippen LogP contribution in [0.4, 0.5) is 0 Å². The Labute approximate surface area is 209 Å². The van der Waals surface area contributed by atoms with Gasteiger partial charge in [0.05, 0.1) is 17.2 Å². The molecule has 2 aromatic rings. The molecule has 34 heavy (non-hydrogen) atoms. The number of aromatic nitrogens is 1. The van der Waals surface area contributed by atoms with E-state index in [0.29, 0.717) is 5.92 Å². The zero-order chi connectivity index (χ0) is 24.2. The van der Waals surface area contributed by atoms with E-state index in [1.54, 1.807) is 0 Å². The van der Waals surface area contributed by atoms with Crippen LogP contribution in [-0.4, -0.2) is 4.98 Å². The van der Waals surface area contributed by atoms with E-state index in [1.807, 2.05) is 0 Å². The SMILES string of the molecule is CCCCCCCCc1ccc(-c2ccc(C3CCC(C#N)(CCC(C)CC)CC3)cc2)nc1. The van der Waals surface area contributed by atoms with Crippen LogP contribution in [-0.2, 0) is 6.42 Å². The molecule has 1 aliphatic carbocycles. The molecule has 0 amide bonds. The molecule has 1 aromatic heterocycles. The highest BCUT2D eigenvalue weighted by molar-refractivity contribution is 5.59. The highest BCUT2D eigenvalue weighted by Crippen LogP contribution is 2.46. The van der Waals surface area contributed by atoms with Crippen LogP contribution < -0.4 is 0 Å². The van der Waals surface area contributed by atoms with Crippen LogP contribution in [0.2, 0.25) is 0 Å². The van der Waals surface area contributed by atoms with Crippen molar-refractivity contribution >= 4 is 0 Å². The van der Waals surface area contributed by atoms with Gasteiger partial charge in [0.25, 0.3) is 0 Å². The number of unbranched alkanes of at least 4 members (excludes halogenated alkanes) is 5. The van der Waals surface area contributed by atoms with Gasteiger partial charge in [0, 0.05) is 11.8 Å². The lowest BCUT2D eigenvalue weighted by Crippen LogP contribution is -2.26. The van der Waals surface area contributed by atoms with E-state index < -0.39 is 0 Å². The fourth-order valence-electron chi connectivity index (χ4n) is 5.43. The van der Waals surface area contributed by atoms with Crippen LogP contribution in [0.25, 0.3) is 11.3 Å². The highest BCUT2D eigenvalue weighted by atomic mass is 14.7. The van der Waals surface area contributed by atoms with E-state index in [0.717, 1.165) is 50.1 Å². The summed E-state index contributed by atoms with van der Waals surface area (Å²) in [6, 6.07) is 16.2. The summed E-state index contributed by atoms with van der Waals surface area (Å²) in [5, 5.41) is 9.90. The smallest absolute Gasteiger partial charge is 0.0702 e. The lowest BCUT2D eigenvalue weighted by molar-refractivity contribution is 0.213. The number of benzene rings is 1. The minimum Gasteiger partial charge on any atom is -0.256 e. The summed E-state index contributed by atoms with van der Waals surface area (Å²) in [7, 11) is 0. The standard InChI is InChI=1S/C32H46N2/c1-4-6-7-8-9-10-11-27-12-17-31(34-24-27)30-15-13-28(14-16-30)29-19-22-32(25-33,23-20-29)21-18-26(3)5-2/h12-17,24,26,29H,4-11,18-23H2,1-3H3.